The van der Waals surface area contributed by atoms with Gasteiger partial charge in [-0.3, -0.25) is 4.79 Å². The van der Waals surface area contributed by atoms with Crippen molar-refractivity contribution >= 4 is 5.97 Å². The molecule has 0 aromatic heterocycles. The molecule has 0 amide bonds. The summed E-state index contributed by atoms with van der Waals surface area (Å²) >= 11 is 0. The molecule has 0 radical (unpaired) electrons. The van der Waals surface area contributed by atoms with E-state index in [9.17, 15) is 4.79 Å². The number of carboxylic acid groups (broad SMARTS) is 1. The summed E-state index contributed by atoms with van der Waals surface area (Å²) in [7, 11) is 0. The minimum atomic E-state index is -0.672. The van der Waals surface area contributed by atoms with Crippen molar-refractivity contribution in [3.05, 3.63) is 0 Å². The number of hydrogen-bond acceptors (Lipinski definition) is 1. The van der Waals surface area contributed by atoms with E-state index in [-0.39, 0.29) is 5.92 Å². The first-order chi connectivity index (χ1) is 4.63. The Bertz CT molecular complexity index is 106. The molecule has 10 heavy (non-hydrogen) atoms. The summed E-state index contributed by atoms with van der Waals surface area (Å²) in [4.78, 5) is 10.5. The zero-order chi connectivity index (χ0) is 8.15. The van der Waals surface area contributed by atoms with E-state index in [1.165, 1.54) is 0 Å². The summed E-state index contributed by atoms with van der Waals surface area (Å²) in [6, 6.07) is 0. The van der Waals surface area contributed by atoms with Crippen LogP contribution in [0.2, 0.25) is 0 Å². The summed E-state index contributed by atoms with van der Waals surface area (Å²) in [5.41, 5.74) is 0. The highest BCUT2D eigenvalue weighted by Gasteiger charge is 2.19. The molecule has 0 aliphatic carbocycles. The summed E-state index contributed by atoms with van der Waals surface area (Å²) < 4.78 is 0. The van der Waals surface area contributed by atoms with Gasteiger partial charge in [-0.1, -0.05) is 33.6 Å². The summed E-state index contributed by atoms with van der Waals surface area (Å²) in [6.07, 6.45) is 1.92. The second-order valence-corrected chi connectivity index (χ2v) is 2.70. The maximum absolute atomic E-state index is 10.5. The van der Waals surface area contributed by atoms with Gasteiger partial charge in [-0.15, -0.1) is 0 Å². The molecule has 0 aromatic rings. The molecule has 2 heteroatoms. The SMILES string of the molecule is CCC(CC)[C@@H](C)C(=O)O. The number of hydrogen-bond donors (Lipinski definition) is 1. The highest BCUT2D eigenvalue weighted by molar-refractivity contribution is 5.69. The maximum atomic E-state index is 10.5. The molecular weight excluding hydrogens is 128 g/mol. The highest BCUT2D eigenvalue weighted by atomic mass is 16.4. The van der Waals surface area contributed by atoms with Crippen molar-refractivity contribution in [3.63, 3.8) is 0 Å². The lowest BCUT2D eigenvalue weighted by atomic mass is 9.90. The van der Waals surface area contributed by atoms with Crippen molar-refractivity contribution in [1.29, 1.82) is 0 Å². The van der Waals surface area contributed by atoms with Crippen LogP contribution >= 0.6 is 0 Å². The average Bonchev–Trinajstić information content (AvgIpc) is 1.90. The molecular formula is C8H16O2. The molecule has 0 rings (SSSR count). The first-order valence-electron chi connectivity index (χ1n) is 3.86. The van der Waals surface area contributed by atoms with Crippen LogP contribution in [0.5, 0.6) is 0 Å². The zero-order valence-electron chi connectivity index (χ0n) is 6.92. The van der Waals surface area contributed by atoms with Gasteiger partial charge in [-0.25, -0.2) is 0 Å². The van der Waals surface area contributed by atoms with Crippen molar-refractivity contribution in [2.45, 2.75) is 33.6 Å². The predicted octanol–water partition coefficient (Wildman–Crippen LogP) is 2.14. The van der Waals surface area contributed by atoms with Gasteiger partial charge in [-0.2, -0.15) is 0 Å². The van der Waals surface area contributed by atoms with Gasteiger partial charge in [-0.05, 0) is 5.92 Å². The Kier molecular flexibility index (Phi) is 4.08. The molecule has 1 atom stereocenters. The Morgan fingerprint density at radius 3 is 1.90 bits per heavy atom. The fourth-order valence-electron chi connectivity index (χ4n) is 1.20. The largest absolute Gasteiger partial charge is 0.481 e. The van der Waals surface area contributed by atoms with Crippen LogP contribution in [-0.2, 0) is 4.79 Å². The minimum absolute atomic E-state index is 0.185. The van der Waals surface area contributed by atoms with E-state index in [1.807, 2.05) is 13.8 Å². The zero-order valence-corrected chi connectivity index (χ0v) is 6.92. The van der Waals surface area contributed by atoms with Gasteiger partial charge in [0.1, 0.15) is 0 Å². The predicted molar refractivity (Wildman–Crippen MR) is 40.9 cm³/mol. The van der Waals surface area contributed by atoms with Gasteiger partial charge in [0.05, 0.1) is 5.92 Å². The highest BCUT2D eigenvalue weighted by Crippen LogP contribution is 2.18. The average molecular weight is 144 g/mol. The molecule has 0 fully saturated rings. The first kappa shape index (κ1) is 9.47. The Hall–Kier alpha value is -0.530. The molecule has 2 nitrogen and oxygen atoms in total. The molecule has 0 aliphatic heterocycles. The molecule has 0 bridgehead atoms. The molecule has 0 heterocycles. The molecule has 0 aliphatic rings. The second kappa shape index (κ2) is 4.31. The lowest BCUT2D eigenvalue weighted by Gasteiger charge is -2.16. The Morgan fingerprint density at radius 2 is 1.80 bits per heavy atom. The van der Waals surface area contributed by atoms with E-state index in [4.69, 9.17) is 5.11 Å². The van der Waals surface area contributed by atoms with Gasteiger partial charge >= 0.3 is 5.97 Å². The van der Waals surface area contributed by atoms with Crippen LogP contribution < -0.4 is 0 Å². The molecule has 0 saturated heterocycles. The fourth-order valence-corrected chi connectivity index (χ4v) is 1.20. The van der Waals surface area contributed by atoms with Crippen LogP contribution in [-0.4, -0.2) is 11.1 Å². The number of aliphatic carboxylic acids is 1. The van der Waals surface area contributed by atoms with Crippen LogP contribution in [0.1, 0.15) is 33.6 Å². The Morgan fingerprint density at radius 1 is 1.40 bits per heavy atom. The smallest absolute Gasteiger partial charge is 0.306 e. The first-order valence-corrected chi connectivity index (χ1v) is 3.86. The molecule has 1 N–H and O–H groups in total. The van der Waals surface area contributed by atoms with E-state index in [0.29, 0.717) is 5.92 Å². The van der Waals surface area contributed by atoms with E-state index >= 15 is 0 Å². The quantitative estimate of drug-likeness (QED) is 0.656. The van der Waals surface area contributed by atoms with Gasteiger partial charge in [0.15, 0.2) is 0 Å². The van der Waals surface area contributed by atoms with Crippen molar-refractivity contribution in [1.82, 2.24) is 0 Å². The van der Waals surface area contributed by atoms with Crippen molar-refractivity contribution in [2.75, 3.05) is 0 Å². The number of carboxylic acids is 1. The minimum Gasteiger partial charge on any atom is -0.481 e. The number of carbonyl (C=O) groups is 1. The monoisotopic (exact) mass is 144 g/mol. The summed E-state index contributed by atoms with van der Waals surface area (Å²) in [5, 5.41) is 8.61. The third-order valence-electron chi connectivity index (χ3n) is 2.15. The molecule has 0 aromatic carbocycles. The standard InChI is InChI=1S/C8H16O2/c1-4-7(5-2)6(3)8(9)10/h6-7H,4-5H2,1-3H3,(H,9,10)/t6-/m1/s1. The van der Waals surface area contributed by atoms with E-state index in [1.54, 1.807) is 6.92 Å². The molecule has 60 valence electrons. The van der Waals surface area contributed by atoms with Crippen LogP contribution in [0, 0.1) is 11.8 Å². The molecule has 0 spiro atoms. The summed E-state index contributed by atoms with van der Waals surface area (Å²) in [6.45, 7) is 5.85. The van der Waals surface area contributed by atoms with Crippen LogP contribution in [0.25, 0.3) is 0 Å². The van der Waals surface area contributed by atoms with Gasteiger partial charge in [0, 0.05) is 0 Å². The van der Waals surface area contributed by atoms with Crippen molar-refractivity contribution < 1.29 is 9.90 Å². The third-order valence-corrected chi connectivity index (χ3v) is 2.15. The molecule has 0 saturated carbocycles. The van der Waals surface area contributed by atoms with Crippen molar-refractivity contribution in [2.24, 2.45) is 11.8 Å². The maximum Gasteiger partial charge on any atom is 0.306 e. The van der Waals surface area contributed by atoms with E-state index in [2.05, 4.69) is 0 Å². The van der Waals surface area contributed by atoms with Crippen LogP contribution in [0.15, 0.2) is 0 Å². The fraction of sp³-hybridized carbons (Fsp3) is 0.875. The lowest BCUT2D eigenvalue weighted by molar-refractivity contribution is -0.143. The van der Waals surface area contributed by atoms with Crippen LogP contribution in [0.3, 0.4) is 0 Å². The summed E-state index contributed by atoms with van der Waals surface area (Å²) in [5.74, 6) is -0.513. The van der Waals surface area contributed by atoms with Gasteiger partial charge < -0.3 is 5.11 Å². The topological polar surface area (TPSA) is 37.3 Å². The van der Waals surface area contributed by atoms with Crippen molar-refractivity contribution in [3.8, 4) is 0 Å². The second-order valence-electron chi connectivity index (χ2n) is 2.70. The number of rotatable bonds is 4. The van der Waals surface area contributed by atoms with E-state index < -0.39 is 5.97 Å². The Labute approximate surface area is 62.2 Å². The van der Waals surface area contributed by atoms with Gasteiger partial charge in [0.2, 0.25) is 0 Å². The molecule has 0 unspecified atom stereocenters. The third kappa shape index (κ3) is 2.38. The van der Waals surface area contributed by atoms with E-state index in [0.717, 1.165) is 12.8 Å². The normalized spacial score (nSPS) is 13.6. The van der Waals surface area contributed by atoms with Crippen LogP contribution in [0.4, 0.5) is 0 Å². The van der Waals surface area contributed by atoms with Gasteiger partial charge in [0.25, 0.3) is 0 Å². The lowest BCUT2D eigenvalue weighted by Crippen LogP contribution is -2.19. The Balaban J connectivity index is 3.88.